The van der Waals surface area contributed by atoms with E-state index in [0.717, 1.165) is 0 Å². The number of allylic oxidation sites excluding steroid dienone is 1. The fraction of sp³-hybridized carbons (Fsp3) is 0.158. The molecule has 1 atom stereocenters. The largest absolute Gasteiger partial charge is 0.467 e. The summed E-state index contributed by atoms with van der Waals surface area (Å²) < 4.78 is 9.67. The molecule has 1 aliphatic rings. The zero-order valence-electron chi connectivity index (χ0n) is 14.6. The van der Waals surface area contributed by atoms with Gasteiger partial charge in [0.15, 0.2) is 6.04 Å². The summed E-state index contributed by atoms with van der Waals surface area (Å²) >= 11 is 1.26. The number of ketones is 1. The highest BCUT2D eigenvalue weighted by Crippen LogP contribution is 2.27. The number of thiophene rings is 1. The van der Waals surface area contributed by atoms with Crippen molar-refractivity contribution in [2.45, 2.75) is 6.04 Å². The number of carbonyl (C=O) groups is 3. The van der Waals surface area contributed by atoms with Crippen molar-refractivity contribution in [2.24, 2.45) is 5.10 Å². The van der Waals surface area contributed by atoms with Crippen LogP contribution in [0.4, 0.5) is 5.69 Å². The smallest absolute Gasteiger partial charge is 0.336 e. The summed E-state index contributed by atoms with van der Waals surface area (Å²) in [4.78, 5) is 38.0. The lowest BCUT2D eigenvalue weighted by atomic mass is 10.0. The van der Waals surface area contributed by atoms with Crippen molar-refractivity contribution in [2.75, 3.05) is 19.2 Å². The average molecular weight is 384 g/mol. The van der Waals surface area contributed by atoms with Crippen molar-refractivity contribution >= 4 is 40.5 Å². The van der Waals surface area contributed by atoms with E-state index in [9.17, 15) is 14.4 Å². The van der Waals surface area contributed by atoms with Crippen LogP contribution in [0, 0.1) is 0 Å². The van der Waals surface area contributed by atoms with Gasteiger partial charge >= 0.3 is 11.9 Å². The third-order valence-corrected chi connectivity index (χ3v) is 4.76. The lowest BCUT2D eigenvalue weighted by molar-refractivity contribution is -0.144. The molecule has 27 heavy (non-hydrogen) atoms. The number of esters is 2. The first-order valence-electron chi connectivity index (χ1n) is 7.95. The molecule has 0 unspecified atom stereocenters. The van der Waals surface area contributed by atoms with E-state index < -0.39 is 18.0 Å². The van der Waals surface area contributed by atoms with Crippen LogP contribution < -0.4 is 5.01 Å². The van der Waals surface area contributed by atoms with Crippen LogP contribution in [0.25, 0.3) is 0 Å². The molecule has 1 aliphatic heterocycles. The normalized spacial score (nSPS) is 16.2. The van der Waals surface area contributed by atoms with E-state index in [-0.39, 0.29) is 17.1 Å². The molecule has 0 bridgehead atoms. The minimum absolute atomic E-state index is 0.0249. The summed E-state index contributed by atoms with van der Waals surface area (Å²) in [5, 5.41) is 7.42. The summed E-state index contributed by atoms with van der Waals surface area (Å²) in [7, 11) is 2.42. The van der Waals surface area contributed by atoms with Gasteiger partial charge in [-0.25, -0.2) is 14.6 Å². The number of hydrazone groups is 1. The number of anilines is 1. The van der Waals surface area contributed by atoms with Crippen molar-refractivity contribution in [1.82, 2.24) is 0 Å². The van der Waals surface area contributed by atoms with Crippen LogP contribution in [0.5, 0.6) is 0 Å². The molecule has 0 saturated carbocycles. The summed E-state index contributed by atoms with van der Waals surface area (Å²) in [6.45, 7) is 0. The van der Waals surface area contributed by atoms with Gasteiger partial charge in [-0.3, -0.25) is 4.79 Å². The highest BCUT2D eigenvalue weighted by atomic mass is 32.1. The molecule has 0 spiro atoms. The molecule has 0 N–H and O–H groups in total. The van der Waals surface area contributed by atoms with Crippen molar-refractivity contribution in [3.05, 3.63) is 64.4 Å². The highest BCUT2D eigenvalue weighted by molar-refractivity contribution is 7.13. The lowest BCUT2D eigenvalue weighted by Crippen LogP contribution is -2.46. The topological polar surface area (TPSA) is 85.3 Å². The number of nitrogens with zero attached hydrogens (tertiary/aromatic N) is 2. The fourth-order valence-corrected chi connectivity index (χ4v) is 3.29. The maximum Gasteiger partial charge on any atom is 0.336 e. The molecule has 7 nitrogen and oxygen atoms in total. The van der Waals surface area contributed by atoms with E-state index in [1.54, 1.807) is 47.8 Å². The van der Waals surface area contributed by atoms with E-state index in [2.05, 4.69) is 5.10 Å². The molecule has 2 heterocycles. The number of hydrogen-bond acceptors (Lipinski definition) is 8. The van der Waals surface area contributed by atoms with Gasteiger partial charge in [0.05, 0.1) is 30.4 Å². The predicted octanol–water partition coefficient (Wildman–Crippen LogP) is 2.45. The van der Waals surface area contributed by atoms with Gasteiger partial charge in [0.2, 0.25) is 5.78 Å². The van der Waals surface area contributed by atoms with Crippen LogP contribution in [-0.2, 0) is 19.1 Å². The first kappa shape index (κ1) is 18.5. The molecule has 2 aromatic rings. The third kappa shape index (κ3) is 3.65. The molecular formula is C19H16N2O5S. The van der Waals surface area contributed by atoms with Crippen molar-refractivity contribution in [1.29, 1.82) is 0 Å². The Labute approximate surface area is 159 Å². The number of para-hydroxylation sites is 1. The predicted molar refractivity (Wildman–Crippen MR) is 101 cm³/mol. The number of carbonyl (C=O) groups excluding carboxylic acids is 3. The van der Waals surface area contributed by atoms with Crippen LogP contribution in [0.15, 0.2) is 64.6 Å². The Hall–Kier alpha value is -3.26. The number of ether oxygens (including phenoxy) is 2. The lowest BCUT2D eigenvalue weighted by Gasteiger charge is -2.31. The van der Waals surface area contributed by atoms with Crippen LogP contribution in [0.2, 0.25) is 0 Å². The molecule has 3 rings (SSSR count). The summed E-state index contributed by atoms with van der Waals surface area (Å²) in [6.07, 6.45) is 1.29. The van der Waals surface area contributed by atoms with E-state index in [4.69, 9.17) is 9.47 Å². The molecule has 138 valence electrons. The van der Waals surface area contributed by atoms with Crippen molar-refractivity contribution < 1.29 is 23.9 Å². The van der Waals surface area contributed by atoms with Crippen molar-refractivity contribution in [3.8, 4) is 0 Å². The minimum Gasteiger partial charge on any atom is -0.467 e. The summed E-state index contributed by atoms with van der Waals surface area (Å²) in [6, 6.07) is 11.0. The molecule has 0 saturated heterocycles. The molecular weight excluding hydrogens is 368 g/mol. The van der Waals surface area contributed by atoms with Gasteiger partial charge in [0.25, 0.3) is 0 Å². The van der Waals surface area contributed by atoms with E-state index >= 15 is 0 Å². The number of methoxy groups -OCH3 is 2. The molecule has 0 amide bonds. The number of Topliss-reactive ketones (excluding diaryl/α,β-unsaturated/α-hetero) is 1. The van der Waals surface area contributed by atoms with E-state index in [1.165, 1.54) is 36.6 Å². The van der Waals surface area contributed by atoms with Gasteiger partial charge in [-0.05, 0) is 29.7 Å². The van der Waals surface area contributed by atoms with Crippen LogP contribution in [-0.4, -0.2) is 43.7 Å². The summed E-state index contributed by atoms with van der Waals surface area (Å²) in [5.74, 6) is -1.78. The average Bonchev–Trinajstić information content (AvgIpc) is 3.26. The second-order valence-electron chi connectivity index (χ2n) is 5.49. The molecule has 0 aliphatic carbocycles. The van der Waals surface area contributed by atoms with Gasteiger partial charge in [0.1, 0.15) is 5.71 Å². The number of hydrogen-bond donors (Lipinski definition) is 0. The SMILES string of the molecule is COC(=O)C1=CC(C(=O)c2cccs2)=NN(c2ccccc2)[C@H]1C(=O)OC. The van der Waals surface area contributed by atoms with Gasteiger partial charge in [-0.2, -0.15) is 5.10 Å². The zero-order valence-corrected chi connectivity index (χ0v) is 15.4. The van der Waals surface area contributed by atoms with E-state index in [1.807, 2.05) is 0 Å². The first-order chi connectivity index (χ1) is 13.1. The monoisotopic (exact) mass is 384 g/mol. The maximum atomic E-state index is 12.8. The molecule has 1 aromatic heterocycles. The van der Waals surface area contributed by atoms with Gasteiger partial charge in [-0.15, -0.1) is 11.3 Å². The maximum absolute atomic E-state index is 12.8. The molecule has 0 fully saturated rings. The Morgan fingerprint density at radius 2 is 1.78 bits per heavy atom. The number of benzene rings is 1. The second kappa shape index (κ2) is 7.96. The standard InChI is InChI=1S/C19H16N2O5S/c1-25-18(23)13-11-14(17(22)15-9-6-10-27-15)20-21(16(13)19(24)26-2)12-7-4-3-5-8-12/h3-11,16H,1-2H3/t16-/m1/s1. The fourth-order valence-electron chi connectivity index (χ4n) is 2.62. The Bertz CT molecular complexity index is 919. The second-order valence-corrected chi connectivity index (χ2v) is 6.44. The van der Waals surface area contributed by atoms with Crippen LogP contribution >= 0.6 is 11.3 Å². The van der Waals surface area contributed by atoms with Gasteiger partial charge < -0.3 is 9.47 Å². The Morgan fingerprint density at radius 3 is 2.37 bits per heavy atom. The van der Waals surface area contributed by atoms with Crippen molar-refractivity contribution in [3.63, 3.8) is 0 Å². The van der Waals surface area contributed by atoms with E-state index in [0.29, 0.717) is 10.6 Å². The molecule has 1 aromatic carbocycles. The Kier molecular flexibility index (Phi) is 5.46. The Balaban J connectivity index is 2.14. The Morgan fingerprint density at radius 1 is 1.04 bits per heavy atom. The minimum atomic E-state index is -1.16. The van der Waals surface area contributed by atoms with Gasteiger partial charge in [0, 0.05) is 0 Å². The molecule has 8 heteroatoms. The quantitative estimate of drug-likeness (QED) is 0.581. The third-order valence-electron chi connectivity index (χ3n) is 3.89. The zero-order chi connectivity index (χ0) is 19.4. The van der Waals surface area contributed by atoms with Crippen LogP contribution in [0.3, 0.4) is 0 Å². The molecule has 0 radical (unpaired) electrons. The number of rotatable bonds is 5. The van der Waals surface area contributed by atoms with Crippen LogP contribution in [0.1, 0.15) is 9.67 Å². The van der Waals surface area contributed by atoms with Gasteiger partial charge in [-0.1, -0.05) is 24.3 Å². The first-order valence-corrected chi connectivity index (χ1v) is 8.83. The summed E-state index contributed by atoms with van der Waals surface area (Å²) in [5.41, 5.74) is 0.531. The highest BCUT2D eigenvalue weighted by Gasteiger charge is 2.39.